The number of piperazine rings is 1. The average Bonchev–Trinajstić information content (AvgIpc) is 2.46. The molecule has 0 N–H and O–H groups in total. The molecule has 0 unspecified atom stereocenters. The first-order valence-electron chi connectivity index (χ1n) is 8.41. The molecule has 0 bridgehead atoms. The van der Waals surface area contributed by atoms with E-state index in [9.17, 15) is 0 Å². The molecule has 2 rings (SSSR count). The molecule has 19 heavy (non-hydrogen) atoms. The Morgan fingerprint density at radius 2 is 1.42 bits per heavy atom. The second kappa shape index (κ2) is 9.73. The van der Waals surface area contributed by atoms with E-state index in [1.54, 1.807) is 0 Å². The van der Waals surface area contributed by atoms with Crippen LogP contribution in [0.25, 0.3) is 0 Å². The van der Waals surface area contributed by atoms with Gasteiger partial charge in [-0.05, 0) is 51.9 Å². The van der Waals surface area contributed by atoms with Crippen LogP contribution in [0.5, 0.6) is 0 Å². The smallest absolute Gasteiger partial charge is 0.0110 e. The van der Waals surface area contributed by atoms with Crippen molar-refractivity contribution in [1.82, 2.24) is 14.7 Å². The Kier molecular flexibility index (Phi) is 8.67. The maximum atomic E-state index is 2.68. The number of nitrogens with zero attached hydrogens (tertiary/aromatic N) is 3. The topological polar surface area (TPSA) is 9.72 Å². The number of hydrogen-bond acceptors (Lipinski definition) is 3. The maximum Gasteiger partial charge on any atom is 0.0110 e. The van der Waals surface area contributed by atoms with Crippen LogP contribution in [0.3, 0.4) is 0 Å². The summed E-state index contributed by atoms with van der Waals surface area (Å²) in [5.41, 5.74) is 0. The summed E-state index contributed by atoms with van der Waals surface area (Å²) in [4.78, 5) is 7.76. The number of likely N-dealkylation sites (tertiary alicyclic amines) is 1. The highest BCUT2D eigenvalue weighted by Gasteiger charge is 2.22. The van der Waals surface area contributed by atoms with Gasteiger partial charge in [0.05, 0.1) is 0 Å². The van der Waals surface area contributed by atoms with E-state index >= 15 is 0 Å². The van der Waals surface area contributed by atoms with Crippen LogP contribution in [0.2, 0.25) is 0 Å². The molecule has 0 saturated carbocycles. The van der Waals surface area contributed by atoms with Crippen LogP contribution in [0.15, 0.2) is 0 Å². The summed E-state index contributed by atoms with van der Waals surface area (Å²) in [6, 6.07) is 0. The molecule has 0 aromatic rings. The molecular weight excluding hydrogens is 234 g/mol. The van der Waals surface area contributed by atoms with E-state index in [4.69, 9.17) is 0 Å². The molecule has 0 aromatic heterocycles. The van der Waals surface area contributed by atoms with Crippen molar-refractivity contribution < 1.29 is 0 Å². The summed E-state index contributed by atoms with van der Waals surface area (Å²) in [5, 5.41) is 0. The van der Waals surface area contributed by atoms with Gasteiger partial charge < -0.3 is 14.7 Å². The fourth-order valence-electron chi connectivity index (χ4n) is 3.10. The highest BCUT2D eigenvalue weighted by molar-refractivity contribution is 4.77. The average molecular weight is 269 g/mol. The lowest BCUT2D eigenvalue weighted by Crippen LogP contribution is -2.47. The van der Waals surface area contributed by atoms with Gasteiger partial charge in [-0.25, -0.2) is 0 Å². The van der Waals surface area contributed by atoms with Gasteiger partial charge in [0, 0.05) is 32.7 Å². The summed E-state index contributed by atoms with van der Waals surface area (Å²) in [7, 11) is 2.24. The molecule has 3 nitrogen and oxygen atoms in total. The van der Waals surface area contributed by atoms with Crippen molar-refractivity contribution in [3.05, 3.63) is 0 Å². The third kappa shape index (κ3) is 6.24. The molecular formula is C16H35N3. The number of rotatable bonds is 4. The Labute approximate surface area is 120 Å². The van der Waals surface area contributed by atoms with Gasteiger partial charge in [0.25, 0.3) is 0 Å². The van der Waals surface area contributed by atoms with Crippen molar-refractivity contribution in [3.63, 3.8) is 0 Å². The molecule has 2 fully saturated rings. The van der Waals surface area contributed by atoms with Gasteiger partial charge in [-0.1, -0.05) is 20.8 Å². The standard InChI is InChI=1S/C14H29N3.C2H6/c1-3-6-16-7-4-14(5-8-16)13-17-11-9-15(2)10-12-17;1-2/h14H,3-13H2,1-2H3;1-2H3. The number of piperidine rings is 1. The minimum absolute atomic E-state index is 0.964. The Bertz CT molecular complexity index is 204. The Hall–Kier alpha value is -0.120. The van der Waals surface area contributed by atoms with E-state index in [-0.39, 0.29) is 0 Å². The zero-order valence-electron chi connectivity index (χ0n) is 13.7. The van der Waals surface area contributed by atoms with Crippen molar-refractivity contribution in [2.24, 2.45) is 5.92 Å². The van der Waals surface area contributed by atoms with E-state index in [2.05, 4.69) is 28.7 Å². The SMILES string of the molecule is CC.CCCN1CCC(CN2CCN(C)CC2)CC1. The maximum absolute atomic E-state index is 2.68. The summed E-state index contributed by atoms with van der Waals surface area (Å²) in [6.45, 7) is 16.7. The van der Waals surface area contributed by atoms with Gasteiger partial charge >= 0.3 is 0 Å². The van der Waals surface area contributed by atoms with Crippen LogP contribution >= 0.6 is 0 Å². The second-order valence-electron chi connectivity index (χ2n) is 5.89. The monoisotopic (exact) mass is 269 g/mol. The van der Waals surface area contributed by atoms with Crippen molar-refractivity contribution >= 4 is 0 Å². The van der Waals surface area contributed by atoms with Crippen LogP contribution < -0.4 is 0 Å². The Morgan fingerprint density at radius 1 is 0.842 bits per heavy atom. The van der Waals surface area contributed by atoms with E-state index in [0.717, 1.165) is 5.92 Å². The normalized spacial score (nSPS) is 24.0. The lowest BCUT2D eigenvalue weighted by atomic mass is 9.96. The van der Waals surface area contributed by atoms with Crippen LogP contribution in [-0.4, -0.2) is 74.1 Å². The minimum Gasteiger partial charge on any atom is -0.304 e. The molecule has 0 aromatic carbocycles. The molecule has 3 heteroatoms. The first-order chi connectivity index (χ1) is 9.28. The Morgan fingerprint density at radius 3 is 1.95 bits per heavy atom. The molecule has 114 valence electrons. The van der Waals surface area contributed by atoms with Gasteiger partial charge in [0.1, 0.15) is 0 Å². The van der Waals surface area contributed by atoms with Crippen molar-refractivity contribution in [3.8, 4) is 0 Å². The molecule has 0 radical (unpaired) electrons. The summed E-state index contributed by atoms with van der Waals surface area (Å²) < 4.78 is 0. The fourth-order valence-corrected chi connectivity index (χ4v) is 3.10. The van der Waals surface area contributed by atoms with Gasteiger partial charge in [0.2, 0.25) is 0 Å². The molecule has 2 saturated heterocycles. The summed E-state index contributed by atoms with van der Waals surface area (Å²) in [6.07, 6.45) is 4.15. The highest BCUT2D eigenvalue weighted by Crippen LogP contribution is 2.19. The number of hydrogen-bond donors (Lipinski definition) is 0. The molecule has 2 aliphatic heterocycles. The largest absolute Gasteiger partial charge is 0.304 e. The lowest BCUT2D eigenvalue weighted by molar-refractivity contribution is 0.106. The van der Waals surface area contributed by atoms with Crippen LogP contribution in [0.1, 0.15) is 40.0 Å². The van der Waals surface area contributed by atoms with Crippen molar-refractivity contribution in [2.45, 2.75) is 40.0 Å². The predicted octanol–water partition coefficient (Wildman–Crippen LogP) is 2.38. The molecule has 0 spiro atoms. The van der Waals surface area contributed by atoms with Crippen LogP contribution in [-0.2, 0) is 0 Å². The van der Waals surface area contributed by atoms with Crippen molar-refractivity contribution in [2.75, 3.05) is 59.4 Å². The Balaban J connectivity index is 0.000000861. The third-order valence-electron chi connectivity index (χ3n) is 4.36. The van der Waals surface area contributed by atoms with Gasteiger partial charge in [-0.15, -0.1) is 0 Å². The van der Waals surface area contributed by atoms with Gasteiger partial charge in [-0.2, -0.15) is 0 Å². The third-order valence-corrected chi connectivity index (χ3v) is 4.36. The zero-order chi connectivity index (χ0) is 14.1. The summed E-state index contributed by atoms with van der Waals surface area (Å²) in [5.74, 6) is 0.964. The minimum atomic E-state index is 0.964. The quantitative estimate of drug-likeness (QED) is 0.776. The van der Waals surface area contributed by atoms with E-state index < -0.39 is 0 Å². The lowest BCUT2D eigenvalue weighted by Gasteiger charge is -2.37. The van der Waals surface area contributed by atoms with Crippen molar-refractivity contribution in [1.29, 1.82) is 0 Å². The van der Waals surface area contributed by atoms with Crippen LogP contribution in [0, 0.1) is 5.92 Å². The fraction of sp³-hybridized carbons (Fsp3) is 1.00. The number of likely N-dealkylation sites (N-methyl/N-ethyl adjacent to an activating group) is 1. The molecule has 0 atom stereocenters. The molecule has 0 amide bonds. The van der Waals surface area contributed by atoms with Gasteiger partial charge in [-0.3, -0.25) is 0 Å². The molecule has 0 aliphatic carbocycles. The predicted molar refractivity (Wildman–Crippen MR) is 84.7 cm³/mol. The molecule has 2 aliphatic rings. The van der Waals surface area contributed by atoms with E-state index in [0.29, 0.717) is 0 Å². The zero-order valence-corrected chi connectivity index (χ0v) is 13.7. The van der Waals surface area contributed by atoms with E-state index in [1.165, 1.54) is 71.6 Å². The van der Waals surface area contributed by atoms with Crippen LogP contribution in [0.4, 0.5) is 0 Å². The molecule has 2 heterocycles. The highest BCUT2D eigenvalue weighted by atomic mass is 15.2. The van der Waals surface area contributed by atoms with Gasteiger partial charge in [0.15, 0.2) is 0 Å². The summed E-state index contributed by atoms with van der Waals surface area (Å²) >= 11 is 0. The second-order valence-corrected chi connectivity index (χ2v) is 5.89. The van der Waals surface area contributed by atoms with E-state index in [1.807, 2.05) is 13.8 Å². The first-order valence-corrected chi connectivity index (χ1v) is 8.41. The first kappa shape index (κ1) is 16.9.